The van der Waals surface area contributed by atoms with Crippen molar-refractivity contribution in [3.8, 4) is 5.75 Å². The van der Waals surface area contributed by atoms with Gasteiger partial charge in [0.25, 0.3) is 0 Å². The van der Waals surface area contributed by atoms with Gasteiger partial charge in [-0.15, -0.1) is 0 Å². The summed E-state index contributed by atoms with van der Waals surface area (Å²) in [6, 6.07) is 15.5. The van der Waals surface area contributed by atoms with Crippen molar-refractivity contribution < 1.29 is 17.9 Å². The highest BCUT2D eigenvalue weighted by Crippen LogP contribution is 2.46. The van der Waals surface area contributed by atoms with Crippen LogP contribution in [0.5, 0.6) is 5.75 Å². The molecule has 124 valence electrons. The maximum absolute atomic E-state index is 13.1. The lowest BCUT2D eigenvalue weighted by Gasteiger charge is -2.46. The first-order valence-corrected chi connectivity index (χ1v) is 9.34. The highest BCUT2D eigenvalue weighted by molar-refractivity contribution is 7.92. The molecule has 2 aliphatic rings. The Morgan fingerprint density at radius 2 is 1.75 bits per heavy atom. The van der Waals surface area contributed by atoms with E-state index < -0.39 is 32.6 Å². The number of carbonyl (C=O) groups is 1. The third-order valence-electron chi connectivity index (χ3n) is 4.68. The van der Waals surface area contributed by atoms with Gasteiger partial charge in [-0.1, -0.05) is 36.4 Å². The van der Waals surface area contributed by atoms with Gasteiger partial charge in [0.05, 0.1) is 4.90 Å². The lowest BCUT2D eigenvalue weighted by atomic mass is 9.81. The number of hydrogen-bond donors (Lipinski definition) is 1. The average molecular weight is 343 g/mol. The number of carbonyl (C=O) groups excluding carboxylic acids is 1. The van der Waals surface area contributed by atoms with Gasteiger partial charge in [-0.25, -0.2) is 8.42 Å². The summed E-state index contributed by atoms with van der Waals surface area (Å²) < 4.78 is 32.1. The molecule has 1 saturated heterocycles. The average Bonchev–Trinajstić information content (AvgIpc) is 2.54. The second-order valence-electron chi connectivity index (χ2n) is 6.45. The van der Waals surface area contributed by atoms with Crippen LogP contribution in [0.4, 0.5) is 0 Å². The second kappa shape index (κ2) is 5.08. The van der Waals surface area contributed by atoms with E-state index in [1.807, 2.05) is 24.3 Å². The Morgan fingerprint density at radius 3 is 2.50 bits per heavy atom. The molecule has 0 radical (unpaired) electrons. The Balaban J connectivity index is 1.87. The van der Waals surface area contributed by atoms with Crippen molar-refractivity contribution in [2.75, 3.05) is 0 Å². The van der Waals surface area contributed by atoms with Crippen molar-refractivity contribution >= 4 is 15.7 Å². The maximum Gasteiger partial charge on any atom is 0.242 e. The van der Waals surface area contributed by atoms with E-state index in [1.54, 1.807) is 25.1 Å². The number of ether oxygens (including phenoxy) is 1. The SMILES string of the molecule is C[C@]12C[C@H](c3ccccc3O1)[C@H](S(=O)(=O)c1ccccc1)C(=O)N2. The number of hydrogen-bond acceptors (Lipinski definition) is 4. The summed E-state index contributed by atoms with van der Waals surface area (Å²) in [5.74, 6) is -0.310. The van der Waals surface area contributed by atoms with Crippen molar-refractivity contribution in [2.45, 2.75) is 35.1 Å². The van der Waals surface area contributed by atoms with Gasteiger partial charge < -0.3 is 10.1 Å². The quantitative estimate of drug-likeness (QED) is 0.908. The third kappa shape index (κ3) is 2.21. The second-order valence-corrected chi connectivity index (χ2v) is 8.52. The van der Waals surface area contributed by atoms with E-state index in [9.17, 15) is 13.2 Å². The summed E-state index contributed by atoms with van der Waals surface area (Å²) in [5.41, 5.74) is -0.104. The summed E-state index contributed by atoms with van der Waals surface area (Å²) in [7, 11) is -3.80. The molecule has 5 nitrogen and oxygen atoms in total. The van der Waals surface area contributed by atoms with E-state index in [0.29, 0.717) is 12.2 Å². The Kier molecular flexibility index (Phi) is 3.22. The number of amides is 1. The van der Waals surface area contributed by atoms with E-state index in [2.05, 4.69) is 5.32 Å². The van der Waals surface area contributed by atoms with Gasteiger partial charge in [-0.05, 0) is 30.7 Å². The maximum atomic E-state index is 13.1. The molecule has 0 aromatic heterocycles. The van der Waals surface area contributed by atoms with Crippen LogP contribution in [-0.2, 0) is 14.6 Å². The summed E-state index contributed by atoms with van der Waals surface area (Å²) in [6.07, 6.45) is 0.423. The van der Waals surface area contributed by atoms with Crippen molar-refractivity contribution in [3.63, 3.8) is 0 Å². The summed E-state index contributed by atoms with van der Waals surface area (Å²) in [5, 5.41) is 1.60. The molecule has 0 aliphatic carbocycles. The molecular weight excluding hydrogens is 326 g/mol. The molecule has 0 saturated carbocycles. The van der Waals surface area contributed by atoms with E-state index in [-0.39, 0.29) is 4.90 Å². The van der Waals surface area contributed by atoms with Crippen LogP contribution in [0.1, 0.15) is 24.8 Å². The lowest BCUT2D eigenvalue weighted by Crippen LogP contribution is -2.63. The number of rotatable bonds is 2. The summed E-state index contributed by atoms with van der Waals surface area (Å²) >= 11 is 0. The Hall–Kier alpha value is -2.34. The number of sulfone groups is 1. The molecule has 2 aliphatic heterocycles. The first-order valence-electron chi connectivity index (χ1n) is 7.80. The van der Waals surface area contributed by atoms with Crippen LogP contribution in [0.3, 0.4) is 0 Å². The van der Waals surface area contributed by atoms with Crippen molar-refractivity contribution in [1.29, 1.82) is 0 Å². The van der Waals surface area contributed by atoms with Gasteiger partial charge >= 0.3 is 0 Å². The molecule has 3 atom stereocenters. The zero-order valence-corrected chi connectivity index (χ0v) is 13.9. The van der Waals surface area contributed by atoms with Gasteiger partial charge in [0, 0.05) is 12.3 Å². The molecule has 2 aromatic carbocycles. The number of fused-ring (bicyclic) bond motifs is 4. The van der Waals surface area contributed by atoms with Crippen LogP contribution in [-0.4, -0.2) is 25.3 Å². The monoisotopic (exact) mass is 343 g/mol. The predicted octanol–water partition coefficient (Wildman–Crippen LogP) is 2.24. The van der Waals surface area contributed by atoms with Crippen LogP contribution in [0, 0.1) is 0 Å². The highest BCUT2D eigenvalue weighted by Gasteiger charge is 2.53. The molecule has 6 heteroatoms. The van der Waals surface area contributed by atoms with Crippen molar-refractivity contribution in [2.24, 2.45) is 0 Å². The molecule has 1 N–H and O–H groups in total. The summed E-state index contributed by atoms with van der Waals surface area (Å²) in [6.45, 7) is 1.78. The van der Waals surface area contributed by atoms with Crippen LogP contribution < -0.4 is 10.1 Å². The minimum atomic E-state index is -3.80. The smallest absolute Gasteiger partial charge is 0.242 e. The van der Waals surface area contributed by atoms with Crippen LogP contribution in [0.25, 0.3) is 0 Å². The first-order chi connectivity index (χ1) is 11.4. The van der Waals surface area contributed by atoms with Gasteiger partial charge in [-0.2, -0.15) is 0 Å². The molecule has 24 heavy (non-hydrogen) atoms. The fraction of sp³-hybridized carbons (Fsp3) is 0.278. The fourth-order valence-corrected chi connectivity index (χ4v) is 5.51. The van der Waals surface area contributed by atoms with Crippen LogP contribution in [0.2, 0.25) is 0 Å². The molecule has 0 spiro atoms. The number of benzene rings is 2. The predicted molar refractivity (Wildman–Crippen MR) is 88.4 cm³/mol. The normalized spacial score (nSPS) is 28.5. The standard InChI is InChI=1S/C18H17NO4S/c1-18-11-14(13-9-5-6-10-15(13)23-18)16(17(20)19-18)24(21,22)12-7-3-2-4-8-12/h2-10,14,16H,11H2,1H3,(H,19,20)/t14-,16+,18-/m1/s1. The molecule has 4 rings (SSSR count). The van der Waals surface area contributed by atoms with Crippen molar-refractivity contribution in [3.05, 3.63) is 60.2 Å². The zero-order valence-electron chi connectivity index (χ0n) is 13.1. The van der Waals surface area contributed by atoms with Crippen LogP contribution in [0.15, 0.2) is 59.5 Å². The lowest BCUT2D eigenvalue weighted by molar-refractivity contribution is -0.132. The van der Waals surface area contributed by atoms with E-state index in [0.717, 1.165) is 5.56 Å². The van der Waals surface area contributed by atoms with E-state index in [4.69, 9.17) is 4.74 Å². The van der Waals surface area contributed by atoms with Crippen LogP contribution >= 0.6 is 0 Å². The highest BCUT2D eigenvalue weighted by atomic mass is 32.2. The Labute approximate surface area is 140 Å². The summed E-state index contributed by atoms with van der Waals surface area (Å²) in [4.78, 5) is 12.8. The minimum Gasteiger partial charge on any atom is -0.468 e. The Bertz CT molecular complexity index is 910. The molecule has 1 amide bonds. The zero-order chi connectivity index (χ0) is 16.9. The molecular formula is C18H17NO4S. The van der Waals surface area contributed by atoms with Gasteiger partial charge in [0.15, 0.2) is 20.8 Å². The number of para-hydroxylation sites is 1. The molecule has 2 heterocycles. The Morgan fingerprint density at radius 1 is 1.08 bits per heavy atom. The van der Waals surface area contributed by atoms with Gasteiger partial charge in [-0.3, -0.25) is 4.79 Å². The van der Waals surface area contributed by atoms with E-state index in [1.165, 1.54) is 12.1 Å². The fourth-order valence-electron chi connectivity index (χ4n) is 3.67. The molecule has 1 fully saturated rings. The number of nitrogens with one attached hydrogen (secondary N) is 1. The number of piperidine rings is 1. The van der Waals surface area contributed by atoms with E-state index >= 15 is 0 Å². The van der Waals surface area contributed by atoms with Gasteiger partial charge in [0.1, 0.15) is 5.75 Å². The molecule has 0 unspecified atom stereocenters. The topological polar surface area (TPSA) is 72.5 Å². The third-order valence-corrected chi connectivity index (χ3v) is 6.82. The minimum absolute atomic E-state index is 0.165. The van der Waals surface area contributed by atoms with Gasteiger partial charge in [0.2, 0.25) is 5.91 Å². The molecule has 2 aromatic rings. The molecule has 2 bridgehead atoms. The first kappa shape index (κ1) is 15.2. The van der Waals surface area contributed by atoms with Crippen molar-refractivity contribution in [1.82, 2.24) is 5.32 Å². The largest absolute Gasteiger partial charge is 0.468 e.